The number of carbonyl (C=O) groups excluding carboxylic acids is 2. The summed E-state index contributed by atoms with van der Waals surface area (Å²) in [4.78, 5) is 66.2. The van der Waals surface area contributed by atoms with Gasteiger partial charge in [-0.05, 0) is 31.6 Å². The topological polar surface area (TPSA) is 209 Å². The lowest BCUT2D eigenvalue weighted by Gasteiger charge is -2.33. The van der Waals surface area contributed by atoms with Gasteiger partial charge in [0.25, 0.3) is 0 Å². The first kappa shape index (κ1) is 34.4. The second kappa shape index (κ2) is 18.6. The zero-order valence-corrected chi connectivity index (χ0v) is 23.8. The highest BCUT2D eigenvalue weighted by Gasteiger charge is 2.27. The van der Waals surface area contributed by atoms with Crippen molar-refractivity contribution in [3.63, 3.8) is 0 Å². The van der Waals surface area contributed by atoms with Crippen molar-refractivity contribution in [3.8, 4) is 0 Å². The quantitative estimate of drug-likeness (QED) is 0.132. The molecule has 0 radical (unpaired) electrons. The van der Waals surface area contributed by atoms with Crippen LogP contribution in [0.2, 0.25) is 0 Å². The van der Waals surface area contributed by atoms with Gasteiger partial charge < -0.3 is 31.7 Å². The minimum atomic E-state index is -1.01. The third-order valence-electron chi connectivity index (χ3n) is 7.62. The van der Waals surface area contributed by atoms with Crippen molar-refractivity contribution in [3.05, 3.63) is 0 Å². The second-order valence-corrected chi connectivity index (χ2v) is 10.9. The van der Waals surface area contributed by atoms with Crippen LogP contribution in [0.5, 0.6) is 0 Å². The Kier molecular flexibility index (Phi) is 15.5. The van der Waals surface area contributed by atoms with Crippen LogP contribution in [0.3, 0.4) is 0 Å². The zero-order valence-electron chi connectivity index (χ0n) is 23.8. The van der Waals surface area contributed by atoms with E-state index in [1.54, 1.807) is 14.7 Å². The van der Waals surface area contributed by atoms with Crippen LogP contribution in [-0.2, 0) is 24.0 Å². The Bertz CT molecular complexity index is 837. The molecule has 234 valence electrons. The van der Waals surface area contributed by atoms with Gasteiger partial charge in [0, 0.05) is 77.9 Å². The smallest absolute Gasteiger partial charge is 0.317 e. The molecule has 0 atom stereocenters. The SMILES string of the molecule is NCCNC(=O)C1CCC(CNC(=O)CN2CCN(CC(=O)O)CCN(CC(=O)O)CCN(CC(=O)O)CC2)CC1. The van der Waals surface area contributed by atoms with Gasteiger partial charge in [-0.1, -0.05) is 0 Å². The molecule has 1 saturated heterocycles. The van der Waals surface area contributed by atoms with E-state index in [9.17, 15) is 39.3 Å². The van der Waals surface area contributed by atoms with Crippen molar-refractivity contribution >= 4 is 29.7 Å². The van der Waals surface area contributed by atoms with E-state index < -0.39 is 17.9 Å². The van der Waals surface area contributed by atoms with Crippen molar-refractivity contribution in [2.75, 3.05) is 98.2 Å². The van der Waals surface area contributed by atoms with E-state index in [1.165, 1.54) is 0 Å². The van der Waals surface area contributed by atoms with Gasteiger partial charge >= 0.3 is 17.9 Å². The number of hydrogen-bond acceptors (Lipinski definition) is 10. The summed E-state index contributed by atoms with van der Waals surface area (Å²) in [6, 6.07) is 0. The molecule has 2 aliphatic rings. The number of hydrogen-bond donors (Lipinski definition) is 6. The molecule has 15 heteroatoms. The number of nitrogens with one attached hydrogen (secondary N) is 2. The Balaban J connectivity index is 1.94. The Morgan fingerprint density at radius 1 is 0.610 bits per heavy atom. The minimum absolute atomic E-state index is 0.0189. The van der Waals surface area contributed by atoms with Crippen molar-refractivity contribution in [1.82, 2.24) is 30.2 Å². The molecule has 0 aromatic carbocycles. The molecule has 0 aromatic heterocycles. The van der Waals surface area contributed by atoms with Gasteiger partial charge in [-0.15, -0.1) is 0 Å². The van der Waals surface area contributed by atoms with E-state index in [4.69, 9.17) is 5.73 Å². The number of rotatable bonds is 13. The highest BCUT2D eigenvalue weighted by molar-refractivity contribution is 5.79. The lowest BCUT2D eigenvalue weighted by atomic mass is 9.81. The van der Waals surface area contributed by atoms with Crippen LogP contribution in [0, 0.1) is 11.8 Å². The van der Waals surface area contributed by atoms with E-state index in [-0.39, 0.29) is 49.8 Å². The van der Waals surface area contributed by atoms with Crippen LogP contribution in [-0.4, -0.2) is 163 Å². The highest BCUT2D eigenvalue weighted by Crippen LogP contribution is 2.28. The summed E-state index contributed by atoms with van der Waals surface area (Å²) in [7, 11) is 0. The van der Waals surface area contributed by atoms with Gasteiger partial charge in [0.05, 0.1) is 26.2 Å². The van der Waals surface area contributed by atoms with Gasteiger partial charge in [-0.2, -0.15) is 0 Å². The molecule has 0 unspecified atom stereocenters. The van der Waals surface area contributed by atoms with E-state index in [0.29, 0.717) is 72.0 Å². The number of nitrogens with two attached hydrogens (primary N) is 1. The van der Waals surface area contributed by atoms with Gasteiger partial charge in [0.15, 0.2) is 0 Å². The second-order valence-electron chi connectivity index (χ2n) is 10.9. The molecule has 0 bridgehead atoms. The maximum absolute atomic E-state index is 12.9. The van der Waals surface area contributed by atoms with Gasteiger partial charge in [-0.3, -0.25) is 43.6 Å². The number of carbonyl (C=O) groups is 5. The molecule has 1 aliphatic heterocycles. The molecule has 2 amide bonds. The summed E-state index contributed by atoms with van der Waals surface area (Å²) in [6.45, 7) is 3.62. The predicted molar refractivity (Wildman–Crippen MR) is 149 cm³/mol. The summed E-state index contributed by atoms with van der Waals surface area (Å²) in [5, 5.41) is 33.8. The largest absolute Gasteiger partial charge is 0.480 e. The van der Waals surface area contributed by atoms with Crippen LogP contribution in [0.15, 0.2) is 0 Å². The molecule has 2 fully saturated rings. The molecule has 1 saturated carbocycles. The highest BCUT2D eigenvalue weighted by atomic mass is 16.4. The number of carboxylic acids is 3. The molecular weight excluding hydrogens is 538 g/mol. The molecule has 41 heavy (non-hydrogen) atoms. The van der Waals surface area contributed by atoms with Crippen molar-refractivity contribution in [2.24, 2.45) is 17.6 Å². The fraction of sp³-hybridized carbons (Fsp3) is 0.808. The predicted octanol–water partition coefficient (Wildman–Crippen LogP) is -2.54. The summed E-state index contributed by atoms with van der Waals surface area (Å²) >= 11 is 0. The Morgan fingerprint density at radius 3 is 1.37 bits per heavy atom. The van der Waals surface area contributed by atoms with Gasteiger partial charge in [0.2, 0.25) is 11.8 Å². The Hall–Kier alpha value is -2.85. The maximum atomic E-state index is 12.9. The molecule has 1 heterocycles. The molecule has 0 aromatic rings. The third-order valence-corrected chi connectivity index (χ3v) is 7.62. The number of nitrogens with zero attached hydrogens (tertiary/aromatic N) is 4. The van der Waals surface area contributed by atoms with E-state index in [2.05, 4.69) is 10.6 Å². The third kappa shape index (κ3) is 14.6. The van der Waals surface area contributed by atoms with Crippen LogP contribution in [0.4, 0.5) is 0 Å². The molecular formula is C26H47N7O8. The average Bonchev–Trinajstić information content (AvgIpc) is 2.91. The van der Waals surface area contributed by atoms with Crippen molar-refractivity contribution < 1.29 is 39.3 Å². The molecule has 15 nitrogen and oxygen atoms in total. The van der Waals surface area contributed by atoms with Crippen LogP contribution in [0.1, 0.15) is 25.7 Å². The van der Waals surface area contributed by atoms with Crippen LogP contribution < -0.4 is 16.4 Å². The van der Waals surface area contributed by atoms with Crippen LogP contribution >= 0.6 is 0 Å². The van der Waals surface area contributed by atoms with E-state index >= 15 is 0 Å². The Morgan fingerprint density at radius 2 is 1.00 bits per heavy atom. The normalized spacial score (nSPS) is 22.7. The summed E-state index contributed by atoms with van der Waals surface area (Å²) in [5.41, 5.74) is 5.45. The molecule has 1 aliphatic carbocycles. The molecule has 2 rings (SSSR count). The van der Waals surface area contributed by atoms with Crippen molar-refractivity contribution in [2.45, 2.75) is 25.7 Å². The molecule has 7 N–H and O–H groups in total. The summed E-state index contributed by atoms with van der Waals surface area (Å²) in [5.74, 6) is -2.86. The first-order valence-electron chi connectivity index (χ1n) is 14.3. The fourth-order valence-corrected chi connectivity index (χ4v) is 5.27. The Labute approximate surface area is 241 Å². The number of carboxylic acid groups (broad SMARTS) is 3. The summed E-state index contributed by atoms with van der Waals surface area (Å²) < 4.78 is 0. The first-order valence-corrected chi connectivity index (χ1v) is 14.3. The van der Waals surface area contributed by atoms with E-state index in [0.717, 1.165) is 25.7 Å². The van der Waals surface area contributed by atoms with Gasteiger partial charge in [-0.25, -0.2) is 0 Å². The maximum Gasteiger partial charge on any atom is 0.317 e. The lowest BCUT2D eigenvalue weighted by Crippen LogP contribution is -2.50. The minimum Gasteiger partial charge on any atom is -0.480 e. The van der Waals surface area contributed by atoms with E-state index in [1.807, 2.05) is 4.90 Å². The van der Waals surface area contributed by atoms with Gasteiger partial charge in [0.1, 0.15) is 0 Å². The standard InChI is InChI=1S/C26H47N7O8/c27-5-6-28-26(41)21-3-1-20(2-4-21)15-29-22(34)16-30-7-9-31(17-23(35)36)11-13-33(19-25(39)40)14-12-32(10-8-30)18-24(37)38/h20-21H,1-19,27H2,(H,28,41)(H,29,34)(H,35,36)(H,37,38)(H,39,40). The fourth-order valence-electron chi connectivity index (χ4n) is 5.27. The zero-order chi connectivity index (χ0) is 30.2. The summed E-state index contributed by atoms with van der Waals surface area (Å²) in [6.07, 6.45) is 3.23. The van der Waals surface area contributed by atoms with Crippen LogP contribution in [0.25, 0.3) is 0 Å². The monoisotopic (exact) mass is 585 g/mol. The lowest BCUT2D eigenvalue weighted by molar-refractivity contribution is -0.140. The van der Waals surface area contributed by atoms with Crippen molar-refractivity contribution in [1.29, 1.82) is 0 Å². The number of amides is 2. The molecule has 0 spiro atoms. The first-order chi connectivity index (χ1) is 19.5. The average molecular weight is 586 g/mol. The number of aliphatic carboxylic acids is 3.